The fourth-order valence-electron chi connectivity index (χ4n) is 3.85. The molecule has 0 aromatic carbocycles. The third kappa shape index (κ3) is 3.76. The van der Waals surface area contributed by atoms with Crippen molar-refractivity contribution in [2.45, 2.75) is 18.9 Å². The molecule has 1 atom stereocenters. The zero-order valence-electron chi connectivity index (χ0n) is 15.5. The average molecular weight is 360 g/mol. The van der Waals surface area contributed by atoms with Crippen LogP contribution in [-0.2, 0) is 9.53 Å². The minimum atomic E-state index is -0.218. The van der Waals surface area contributed by atoms with Crippen LogP contribution >= 0.6 is 0 Å². The smallest absolute Gasteiger partial charge is 0.251 e. The van der Waals surface area contributed by atoms with Gasteiger partial charge in [0.2, 0.25) is 0 Å². The molecule has 0 aliphatic carbocycles. The monoisotopic (exact) mass is 360 g/mol. The molecule has 3 aliphatic heterocycles. The number of ether oxygens (including phenoxy) is 1. The summed E-state index contributed by atoms with van der Waals surface area (Å²) in [5.74, 6) is 2.11. The van der Waals surface area contributed by atoms with E-state index >= 15 is 0 Å². The normalized spacial score (nSPS) is 25.0. The van der Waals surface area contributed by atoms with Crippen molar-refractivity contribution >= 4 is 17.5 Å². The van der Waals surface area contributed by atoms with Crippen LogP contribution in [0.4, 0.5) is 11.6 Å². The van der Waals surface area contributed by atoms with Gasteiger partial charge in [0.05, 0.1) is 0 Å². The number of rotatable bonds is 3. The van der Waals surface area contributed by atoms with Crippen molar-refractivity contribution < 1.29 is 9.53 Å². The van der Waals surface area contributed by atoms with E-state index in [4.69, 9.17) is 4.74 Å². The summed E-state index contributed by atoms with van der Waals surface area (Å²) < 4.78 is 5.54. The lowest BCUT2D eigenvalue weighted by molar-refractivity contribution is -0.141. The molecule has 8 nitrogen and oxygen atoms in total. The number of aromatic nitrogens is 2. The Morgan fingerprint density at radius 1 is 1.00 bits per heavy atom. The van der Waals surface area contributed by atoms with Gasteiger partial charge in [0.15, 0.2) is 0 Å². The molecule has 142 valence electrons. The molecular weight excluding hydrogens is 332 g/mol. The van der Waals surface area contributed by atoms with Crippen molar-refractivity contribution in [2.75, 3.05) is 75.8 Å². The van der Waals surface area contributed by atoms with E-state index in [-0.39, 0.29) is 12.0 Å². The first-order valence-corrected chi connectivity index (χ1v) is 9.61. The lowest BCUT2D eigenvalue weighted by Gasteiger charge is -2.37. The SMILES string of the molecule is CN1CCN(c2cc(N3CCN(C(=O)C4CCCO4)CC3)ncn2)CC1. The van der Waals surface area contributed by atoms with Crippen LogP contribution in [0.15, 0.2) is 12.4 Å². The number of hydrogen-bond acceptors (Lipinski definition) is 7. The van der Waals surface area contributed by atoms with Crippen LogP contribution < -0.4 is 9.80 Å². The second kappa shape index (κ2) is 7.75. The Balaban J connectivity index is 1.35. The van der Waals surface area contributed by atoms with Gasteiger partial charge >= 0.3 is 0 Å². The molecule has 1 amide bonds. The molecular formula is C18H28N6O2. The molecule has 1 unspecified atom stereocenters. The minimum Gasteiger partial charge on any atom is -0.368 e. The van der Waals surface area contributed by atoms with Crippen molar-refractivity contribution in [1.29, 1.82) is 0 Å². The van der Waals surface area contributed by atoms with Crippen LogP contribution in [0.1, 0.15) is 12.8 Å². The maximum Gasteiger partial charge on any atom is 0.251 e. The molecule has 0 radical (unpaired) electrons. The maximum atomic E-state index is 12.5. The highest BCUT2D eigenvalue weighted by atomic mass is 16.5. The van der Waals surface area contributed by atoms with Gasteiger partial charge in [0.25, 0.3) is 5.91 Å². The Morgan fingerprint density at radius 2 is 1.62 bits per heavy atom. The molecule has 26 heavy (non-hydrogen) atoms. The van der Waals surface area contributed by atoms with Crippen molar-refractivity contribution in [3.05, 3.63) is 12.4 Å². The summed E-state index contributed by atoms with van der Waals surface area (Å²) in [5.41, 5.74) is 0. The number of likely N-dealkylation sites (N-methyl/N-ethyl adjacent to an activating group) is 1. The highest BCUT2D eigenvalue weighted by Gasteiger charge is 2.30. The van der Waals surface area contributed by atoms with E-state index in [1.54, 1.807) is 6.33 Å². The van der Waals surface area contributed by atoms with Gasteiger partial charge in [-0.3, -0.25) is 4.79 Å². The molecule has 0 N–H and O–H groups in total. The molecule has 3 saturated heterocycles. The van der Waals surface area contributed by atoms with E-state index in [0.29, 0.717) is 6.61 Å². The van der Waals surface area contributed by atoms with E-state index in [0.717, 1.165) is 76.8 Å². The summed E-state index contributed by atoms with van der Waals surface area (Å²) in [6, 6.07) is 2.09. The van der Waals surface area contributed by atoms with Crippen LogP contribution in [0, 0.1) is 0 Å². The topological polar surface area (TPSA) is 65.0 Å². The van der Waals surface area contributed by atoms with Crippen molar-refractivity contribution in [3.8, 4) is 0 Å². The molecule has 1 aromatic heterocycles. The van der Waals surface area contributed by atoms with Gasteiger partial charge in [-0.15, -0.1) is 0 Å². The first kappa shape index (κ1) is 17.5. The number of amides is 1. The number of anilines is 2. The predicted molar refractivity (Wildman–Crippen MR) is 99.5 cm³/mol. The third-order valence-electron chi connectivity index (χ3n) is 5.59. The maximum absolute atomic E-state index is 12.5. The van der Waals surface area contributed by atoms with Gasteiger partial charge < -0.3 is 24.3 Å². The Hall–Kier alpha value is -1.93. The third-order valence-corrected chi connectivity index (χ3v) is 5.59. The van der Waals surface area contributed by atoms with Crippen LogP contribution in [0.25, 0.3) is 0 Å². The van der Waals surface area contributed by atoms with Crippen LogP contribution in [0.3, 0.4) is 0 Å². The summed E-state index contributed by atoms with van der Waals surface area (Å²) in [4.78, 5) is 30.3. The summed E-state index contributed by atoms with van der Waals surface area (Å²) in [6.45, 7) is 7.89. The summed E-state index contributed by atoms with van der Waals surface area (Å²) >= 11 is 0. The molecule has 0 bridgehead atoms. The van der Waals surface area contributed by atoms with Gasteiger partial charge in [0, 0.05) is 65.0 Å². The van der Waals surface area contributed by atoms with E-state index in [2.05, 4.69) is 37.8 Å². The number of hydrogen-bond donors (Lipinski definition) is 0. The molecule has 4 rings (SSSR count). The summed E-state index contributed by atoms with van der Waals surface area (Å²) in [6.07, 6.45) is 3.29. The number of piperazine rings is 2. The molecule has 8 heteroatoms. The second-order valence-corrected chi connectivity index (χ2v) is 7.34. The molecule has 1 aromatic rings. The average Bonchev–Trinajstić information content (AvgIpc) is 3.23. The minimum absolute atomic E-state index is 0.156. The van der Waals surface area contributed by atoms with E-state index in [9.17, 15) is 4.79 Å². The number of nitrogens with zero attached hydrogens (tertiary/aromatic N) is 6. The van der Waals surface area contributed by atoms with Gasteiger partial charge in [-0.1, -0.05) is 0 Å². The number of carbonyl (C=O) groups excluding carboxylic acids is 1. The summed E-state index contributed by atoms with van der Waals surface area (Å²) in [5, 5.41) is 0. The van der Waals surface area contributed by atoms with E-state index < -0.39 is 0 Å². The van der Waals surface area contributed by atoms with Crippen molar-refractivity contribution in [1.82, 2.24) is 19.8 Å². The molecule has 0 spiro atoms. The van der Waals surface area contributed by atoms with Gasteiger partial charge in [-0.05, 0) is 19.9 Å². The highest BCUT2D eigenvalue weighted by Crippen LogP contribution is 2.21. The Bertz CT molecular complexity index is 620. The number of carbonyl (C=O) groups is 1. The fraction of sp³-hybridized carbons (Fsp3) is 0.722. The second-order valence-electron chi connectivity index (χ2n) is 7.34. The summed E-state index contributed by atoms with van der Waals surface area (Å²) in [7, 11) is 2.15. The predicted octanol–water partition coefficient (Wildman–Crippen LogP) is 0.0560. The van der Waals surface area contributed by atoms with Gasteiger partial charge in [0.1, 0.15) is 24.1 Å². The zero-order valence-corrected chi connectivity index (χ0v) is 15.5. The lowest BCUT2D eigenvalue weighted by Crippen LogP contribution is -2.51. The van der Waals surface area contributed by atoms with Crippen LogP contribution in [-0.4, -0.2) is 97.8 Å². The Morgan fingerprint density at radius 3 is 2.19 bits per heavy atom. The standard InChI is InChI=1S/C18H28N6O2/c1-21-4-6-22(7-5-21)16-13-17(20-14-19-16)23-8-10-24(11-9-23)18(25)15-3-2-12-26-15/h13-15H,2-12H2,1H3. The zero-order chi connectivity index (χ0) is 17.9. The van der Waals surface area contributed by atoms with Crippen LogP contribution in [0.2, 0.25) is 0 Å². The largest absolute Gasteiger partial charge is 0.368 e. The Labute approximate surface area is 154 Å². The van der Waals surface area contributed by atoms with Crippen LogP contribution in [0.5, 0.6) is 0 Å². The Kier molecular flexibility index (Phi) is 5.21. The van der Waals surface area contributed by atoms with Crippen molar-refractivity contribution in [2.24, 2.45) is 0 Å². The van der Waals surface area contributed by atoms with E-state index in [1.807, 2.05) is 4.90 Å². The molecule has 4 heterocycles. The quantitative estimate of drug-likeness (QED) is 0.755. The molecule has 3 fully saturated rings. The van der Waals surface area contributed by atoms with Crippen molar-refractivity contribution in [3.63, 3.8) is 0 Å². The fourth-order valence-corrected chi connectivity index (χ4v) is 3.85. The molecule has 3 aliphatic rings. The van der Waals surface area contributed by atoms with Gasteiger partial charge in [-0.25, -0.2) is 9.97 Å². The lowest BCUT2D eigenvalue weighted by atomic mass is 10.2. The highest BCUT2D eigenvalue weighted by molar-refractivity contribution is 5.81. The first-order valence-electron chi connectivity index (χ1n) is 9.61. The molecule has 0 saturated carbocycles. The first-order chi connectivity index (χ1) is 12.7. The van der Waals surface area contributed by atoms with Gasteiger partial charge in [-0.2, -0.15) is 0 Å². The van der Waals surface area contributed by atoms with E-state index in [1.165, 1.54) is 0 Å².